The predicted octanol–water partition coefficient (Wildman–Crippen LogP) is 4.08. The number of fused-ring (bicyclic) bond motifs is 1. The van der Waals surface area contributed by atoms with Crippen LogP contribution in [-0.2, 0) is 0 Å². The van der Waals surface area contributed by atoms with Gasteiger partial charge in [0.2, 0.25) is 0 Å². The normalized spacial score (nSPS) is 20.8. The Hall–Kier alpha value is -1.22. The van der Waals surface area contributed by atoms with Crippen molar-refractivity contribution in [1.82, 2.24) is 5.32 Å². The lowest BCUT2D eigenvalue weighted by Gasteiger charge is -2.31. The van der Waals surface area contributed by atoms with Crippen LogP contribution in [0.15, 0.2) is 18.2 Å². The number of hydrogen-bond donors (Lipinski definition) is 1. The topological polar surface area (TPSA) is 30.5 Å². The first kappa shape index (κ1) is 14.7. The van der Waals surface area contributed by atoms with E-state index in [1.165, 1.54) is 37.7 Å². The third-order valence-electron chi connectivity index (χ3n) is 4.68. The van der Waals surface area contributed by atoms with Crippen LogP contribution in [0, 0.1) is 5.92 Å². The Kier molecular flexibility index (Phi) is 5.02. The van der Waals surface area contributed by atoms with Crippen molar-refractivity contribution in [2.24, 2.45) is 5.92 Å². The average Bonchev–Trinajstić information content (AvgIpc) is 2.78. The van der Waals surface area contributed by atoms with E-state index in [1.54, 1.807) is 0 Å². The van der Waals surface area contributed by atoms with E-state index in [-0.39, 0.29) is 0 Å². The molecule has 3 nitrogen and oxygen atoms in total. The smallest absolute Gasteiger partial charge is 0.161 e. The number of nitrogens with one attached hydrogen (secondary N) is 1. The van der Waals surface area contributed by atoms with Crippen LogP contribution in [0.3, 0.4) is 0 Å². The maximum absolute atomic E-state index is 5.85. The molecule has 1 aliphatic heterocycles. The van der Waals surface area contributed by atoms with Crippen molar-refractivity contribution in [2.45, 2.75) is 51.5 Å². The molecular formula is C18H27NO2. The summed E-state index contributed by atoms with van der Waals surface area (Å²) in [4.78, 5) is 0. The summed E-state index contributed by atoms with van der Waals surface area (Å²) in [5.41, 5.74) is 1.35. The highest BCUT2D eigenvalue weighted by Gasteiger charge is 2.25. The summed E-state index contributed by atoms with van der Waals surface area (Å²) in [6, 6.07) is 6.95. The number of hydrogen-bond acceptors (Lipinski definition) is 3. The fourth-order valence-electron chi connectivity index (χ4n) is 3.62. The Morgan fingerprint density at radius 2 is 1.81 bits per heavy atom. The van der Waals surface area contributed by atoms with Crippen LogP contribution in [0.5, 0.6) is 11.5 Å². The molecule has 1 heterocycles. The first-order valence-electron chi connectivity index (χ1n) is 8.51. The van der Waals surface area contributed by atoms with Gasteiger partial charge in [0.1, 0.15) is 0 Å². The minimum Gasteiger partial charge on any atom is -0.490 e. The van der Waals surface area contributed by atoms with Gasteiger partial charge < -0.3 is 14.8 Å². The lowest BCUT2D eigenvalue weighted by atomic mass is 9.81. The molecule has 0 aromatic heterocycles. The summed E-state index contributed by atoms with van der Waals surface area (Å²) in [6.07, 6.45) is 7.78. The van der Waals surface area contributed by atoms with Crippen molar-refractivity contribution in [2.75, 3.05) is 19.8 Å². The lowest BCUT2D eigenvalue weighted by molar-refractivity contribution is 0.273. The molecule has 1 unspecified atom stereocenters. The van der Waals surface area contributed by atoms with Crippen molar-refractivity contribution in [3.8, 4) is 11.5 Å². The zero-order valence-corrected chi connectivity index (χ0v) is 13.1. The molecule has 0 radical (unpaired) electrons. The second-order valence-corrected chi connectivity index (χ2v) is 6.19. The lowest BCUT2D eigenvalue weighted by Crippen LogP contribution is -2.29. The summed E-state index contributed by atoms with van der Waals surface area (Å²) in [5.74, 6) is 2.57. The van der Waals surface area contributed by atoms with Gasteiger partial charge in [-0.2, -0.15) is 0 Å². The second-order valence-electron chi connectivity index (χ2n) is 6.19. The molecular weight excluding hydrogens is 262 g/mol. The van der Waals surface area contributed by atoms with Crippen LogP contribution in [0.4, 0.5) is 0 Å². The van der Waals surface area contributed by atoms with Crippen LogP contribution in [-0.4, -0.2) is 19.8 Å². The molecule has 0 amide bonds. The van der Waals surface area contributed by atoms with E-state index in [1.807, 2.05) is 0 Å². The first-order valence-corrected chi connectivity index (χ1v) is 8.51. The van der Waals surface area contributed by atoms with Crippen LogP contribution in [0.2, 0.25) is 0 Å². The fraction of sp³-hybridized carbons (Fsp3) is 0.667. The minimum atomic E-state index is 0.451. The highest BCUT2D eigenvalue weighted by molar-refractivity contribution is 5.44. The van der Waals surface area contributed by atoms with Gasteiger partial charge in [-0.3, -0.25) is 0 Å². The molecule has 0 bridgehead atoms. The monoisotopic (exact) mass is 289 g/mol. The Morgan fingerprint density at radius 3 is 2.57 bits per heavy atom. The highest BCUT2D eigenvalue weighted by Crippen LogP contribution is 2.38. The molecule has 1 atom stereocenters. The van der Waals surface area contributed by atoms with Gasteiger partial charge in [0, 0.05) is 12.5 Å². The van der Waals surface area contributed by atoms with Crippen LogP contribution >= 0.6 is 0 Å². The molecule has 0 saturated heterocycles. The van der Waals surface area contributed by atoms with Crippen molar-refractivity contribution >= 4 is 0 Å². The van der Waals surface area contributed by atoms with Crippen LogP contribution in [0.25, 0.3) is 0 Å². The molecule has 1 N–H and O–H groups in total. The fourth-order valence-corrected chi connectivity index (χ4v) is 3.62. The maximum atomic E-state index is 5.85. The van der Waals surface area contributed by atoms with Crippen molar-refractivity contribution < 1.29 is 9.47 Å². The molecule has 21 heavy (non-hydrogen) atoms. The summed E-state index contributed by atoms with van der Waals surface area (Å²) in [7, 11) is 0. The first-order chi connectivity index (χ1) is 10.4. The summed E-state index contributed by atoms with van der Waals surface area (Å²) >= 11 is 0. The average molecular weight is 289 g/mol. The van der Waals surface area contributed by atoms with Gasteiger partial charge >= 0.3 is 0 Å². The third-order valence-corrected chi connectivity index (χ3v) is 4.68. The van der Waals surface area contributed by atoms with E-state index in [0.717, 1.165) is 43.6 Å². The van der Waals surface area contributed by atoms with Gasteiger partial charge in [-0.05, 0) is 43.0 Å². The maximum Gasteiger partial charge on any atom is 0.161 e. The molecule has 116 valence electrons. The predicted molar refractivity (Wildman–Crippen MR) is 85.0 cm³/mol. The zero-order valence-electron chi connectivity index (χ0n) is 13.1. The number of rotatable bonds is 4. The van der Waals surface area contributed by atoms with Gasteiger partial charge in [-0.15, -0.1) is 0 Å². The minimum absolute atomic E-state index is 0.451. The molecule has 1 saturated carbocycles. The quantitative estimate of drug-likeness (QED) is 0.906. The van der Waals surface area contributed by atoms with E-state index in [0.29, 0.717) is 6.04 Å². The second kappa shape index (κ2) is 7.17. The Morgan fingerprint density at radius 1 is 1.05 bits per heavy atom. The van der Waals surface area contributed by atoms with E-state index in [4.69, 9.17) is 9.47 Å². The van der Waals surface area contributed by atoms with E-state index in [2.05, 4.69) is 30.4 Å². The van der Waals surface area contributed by atoms with Gasteiger partial charge in [0.05, 0.1) is 13.2 Å². The van der Waals surface area contributed by atoms with Crippen molar-refractivity contribution in [3.05, 3.63) is 23.8 Å². The van der Waals surface area contributed by atoms with E-state index < -0.39 is 0 Å². The molecule has 0 spiro atoms. The van der Waals surface area contributed by atoms with Crippen molar-refractivity contribution in [1.29, 1.82) is 0 Å². The molecule has 3 rings (SSSR count). The molecule has 1 fully saturated rings. The summed E-state index contributed by atoms with van der Waals surface area (Å²) in [5, 5.41) is 3.69. The van der Waals surface area contributed by atoms with Crippen molar-refractivity contribution in [3.63, 3.8) is 0 Å². The standard InChI is InChI=1S/C18H27NO2/c1-2-19-18(14-7-4-3-5-8-14)15-9-10-16-17(13-15)21-12-6-11-20-16/h9-10,13-14,18-19H,2-8,11-12H2,1H3. The van der Waals surface area contributed by atoms with Gasteiger partial charge in [-0.25, -0.2) is 0 Å². The zero-order chi connectivity index (χ0) is 14.5. The third kappa shape index (κ3) is 3.52. The van der Waals surface area contributed by atoms with Crippen LogP contribution in [0.1, 0.15) is 57.1 Å². The van der Waals surface area contributed by atoms with Crippen LogP contribution < -0.4 is 14.8 Å². The number of benzene rings is 1. The van der Waals surface area contributed by atoms with E-state index >= 15 is 0 Å². The molecule has 2 aliphatic rings. The molecule has 1 aromatic rings. The SMILES string of the molecule is CCNC(c1ccc2c(c1)OCCCO2)C1CCCCC1. The Bertz CT molecular complexity index is 455. The molecule has 1 aliphatic carbocycles. The largest absolute Gasteiger partial charge is 0.490 e. The van der Waals surface area contributed by atoms with Gasteiger partial charge in [0.25, 0.3) is 0 Å². The highest BCUT2D eigenvalue weighted by atomic mass is 16.5. The Labute approximate surface area is 128 Å². The molecule has 1 aromatic carbocycles. The summed E-state index contributed by atoms with van der Waals surface area (Å²) in [6.45, 7) is 4.71. The van der Waals surface area contributed by atoms with Gasteiger partial charge in [0.15, 0.2) is 11.5 Å². The van der Waals surface area contributed by atoms with Gasteiger partial charge in [-0.1, -0.05) is 32.3 Å². The molecule has 3 heteroatoms. The number of ether oxygens (including phenoxy) is 2. The Balaban J connectivity index is 1.82. The van der Waals surface area contributed by atoms with E-state index in [9.17, 15) is 0 Å². The summed E-state index contributed by atoms with van der Waals surface area (Å²) < 4.78 is 11.6.